The number of carbonyl (C=O) groups is 4. The van der Waals surface area contributed by atoms with Crippen LogP contribution in [0.1, 0.15) is 83.1 Å². The van der Waals surface area contributed by atoms with Gasteiger partial charge in [0, 0.05) is 5.41 Å². The molecule has 0 unspecified atom stereocenters. The van der Waals surface area contributed by atoms with Crippen LogP contribution in [0.4, 0.5) is 13.2 Å². The molecule has 250 valence electrons. The lowest BCUT2D eigenvalue weighted by molar-refractivity contribution is -0.241. The van der Waals surface area contributed by atoms with E-state index in [1.54, 1.807) is 0 Å². The number of halogens is 3. The molecule has 16 heteroatoms. The van der Waals surface area contributed by atoms with Gasteiger partial charge in [0.25, 0.3) is 5.79 Å². The van der Waals surface area contributed by atoms with Crippen LogP contribution < -0.4 is 0 Å². The Morgan fingerprint density at radius 1 is 0.767 bits per heavy atom. The molecule has 1 saturated heterocycles. The van der Waals surface area contributed by atoms with Crippen molar-refractivity contribution in [1.82, 2.24) is 0 Å². The number of alkyl halides is 3. The van der Waals surface area contributed by atoms with Gasteiger partial charge in [0.05, 0.1) is 16.2 Å². The Hall–Kier alpha value is -2.30. The lowest BCUT2D eigenvalue weighted by Crippen LogP contribution is -2.57. The largest absolute Gasteiger partial charge is 0.523 e. The number of ether oxygens (including phenoxy) is 4. The molecule has 0 saturated carbocycles. The first-order valence-corrected chi connectivity index (χ1v) is 14.7. The molecule has 0 aromatic rings. The first kappa shape index (κ1) is 38.7. The highest BCUT2D eigenvalue weighted by Gasteiger charge is 2.67. The summed E-state index contributed by atoms with van der Waals surface area (Å²) in [7, 11) is -6.43. The van der Waals surface area contributed by atoms with Crippen molar-refractivity contribution >= 4 is 33.8 Å². The molecule has 0 bridgehead atoms. The second kappa shape index (κ2) is 12.2. The summed E-state index contributed by atoms with van der Waals surface area (Å²) in [6, 6.07) is 0. The summed E-state index contributed by atoms with van der Waals surface area (Å²) < 4.78 is 90.5. The van der Waals surface area contributed by atoms with Crippen LogP contribution in [0.15, 0.2) is 0 Å². The number of ketones is 1. The van der Waals surface area contributed by atoms with Crippen molar-refractivity contribution in [2.75, 3.05) is 6.61 Å². The van der Waals surface area contributed by atoms with Crippen LogP contribution in [0, 0.1) is 21.7 Å². The molecule has 1 fully saturated rings. The molecule has 0 amide bonds. The van der Waals surface area contributed by atoms with E-state index in [9.17, 15) is 45.9 Å². The minimum atomic E-state index is -6.43. The van der Waals surface area contributed by atoms with Crippen LogP contribution in [-0.2, 0) is 52.4 Å². The van der Waals surface area contributed by atoms with Crippen molar-refractivity contribution in [2.45, 2.75) is 119 Å². The minimum absolute atomic E-state index is 0.997. The van der Waals surface area contributed by atoms with E-state index in [0.29, 0.717) is 0 Å². The van der Waals surface area contributed by atoms with Crippen LogP contribution in [0.3, 0.4) is 0 Å². The van der Waals surface area contributed by atoms with Gasteiger partial charge in [0.2, 0.25) is 11.9 Å². The molecule has 0 aromatic heterocycles. The molecule has 1 rings (SSSR count). The average Bonchev–Trinajstić information content (AvgIpc) is 3.04. The number of rotatable bonds is 8. The highest BCUT2D eigenvalue weighted by atomic mass is 32.2. The number of aliphatic hydroxyl groups is 1. The van der Waals surface area contributed by atoms with Gasteiger partial charge >= 0.3 is 33.5 Å². The monoisotopic (exact) mass is 648 g/mol. The zero-order valence-electron chi connectivity index (χ0n) is 26.5. The lowest BCUT2D eigenvalue weighted by atomic mass is 9.83. The smallest absolute Gasteiger partial charge is 0.462 e. The van der Waals surface area contributed by atoms with Crippen molar-refractivity contribution in [1.29, 1.82) is 0 Å². The third-order valence-corrected chi connectivity index (χ3v) is 6.99. The zero-order valence-corrected chi connectivity index (χ0v) is 27.3. The molecule has 5 atom stereocenters. The highest BCUT2D eigenvalue weighted by molar-refractivity contribution is 7.87. The summed E-state index contributed by atoms with van der Waals surface area (Å²) in [4.78, 5) is 52.0. The molecule has 1 heterocycles. The highest BCUT2D eigenvalue weighted by Crippen LogP contribution is 2.43. The van der Waals surface area contributed by atoms with Crippen LogP contribution in [0.5, 0.6) is 0 Å². The number of Topliss-reactive ketones (excluding diaryl/α,β-unsaturated/α-hetero) is 1. The summed E-state index contributed by atoms with van der Waals surface area (Å²) >= 11 is 0. The van der Waals surface area contributed by atoms with Gasteiger partial charge in [-0.25, -0.2) is 0 Å². The molecule has 1 N–H and O–H groups in total. The van der Waals surface area contributed by atoms with Crippen LogP contribution in [0.25, 0.3) is 0 Å². The van der Waals surface area contributed by atoms with Crippen LogP contribution in [0.2, 0.25) is 0 Å². The van der Waals surface area contributed by atoms with Gasteiger partial charge in [-0.1, -0.05) is 20.8 Å². The fourth-order valence-corrected chi connectivity index (χ4v) is 3.98. The second-order valence-corrected chi connectivity index (χ2v) is 16.0. The summed E-state index contributed by atoms with van der Waals surface area (Å²) in [5.74, 6) is -7.44. The topological polar surface area (TPSA) is 169 Å². The molecule has 0 radical (unpaired) electrons. The summed E-state index contributed by atoms with van der Waals surface area (Å²) in [6.07, 6.45) is -9.07. The minimum Gasteiger partial charge on any atom is -0.462 e. The van der Waals surface area contributed by atoms with Gasteiger partial charge in [0.15, 0.2) is 6.10 Å². The van der Waals surface area contributed by atoms with Gasteiger partial charge in [0.1, 0.15) is 18.8 Å². The van der Waals surface area contributed by atoms with Crippen LogP contribution >= 0.6 is 0 Å². The zero-order chi connectivity index (χ0) is 34.4. The maximum absolute atomic E-state index is 13.5. The van der Waals surface area contributed by atoms with Gasteiger partial charge in [-0.2, -0.15) is 21.6 Å². The van der Waals surface area contributed by atoms with Crippen molar-refractivity contribution in [3.63, 3.8) is 0 Å². The van der Waals surface area contributed by atoms with Crippen molar-refractivity contribution in [3.8, 4) is 0 Å². The Morgan fingerprint density at radius 3 is 1.56 bits per heavy atom. The van der Waals surface area contributed by atoms with Gasteiger partial charge in [-0.05, 0) is 62.3 Å². The van der Waals surface area contributed by atoms with E-state index < -0.39 is 97.8 Å². The van der Waals surface area contributed by atoms with Crippen molar-refractivity contribution < 1.29 is 69.0 Å². The molecular formula is C27H43F3O12S. The number of esters is 3. The summed E-state index contributed by atoms with van der Waals surface area (Å²) in [5.41, 5.74) is -11.2. The van der Waals surface area contributed by atoms with Gasteiger partial charge < -0.3 is 24.1 Å². The number of hydrogen-bond acceptors (Lipinski definition) is 12. The third-order valence-electron chi connectivity index (χ3n) is 5.92. The molecule has 1 aliphatic rings. The molecule has 12 nitrogen and oxygen atoms in total. The predicted molar refractivity (Wildman–Crippen MR) is 143 cm³/mol. The van der Waals surface area contributed by atoms with E-state index >= 15 is 0 Å². The molecule has 1 aliphatic heterocycles. The normalized spacial score (nSPS) is 24.7. The van der Waals surface area contributed by atoms with Gasteiger partial charge in [-0.3, -0.25) is 23.4 Å². The van der Waals surface area contributed by atoms with Crippen molar-refractivity contribution in [3.05, 3.63) is 0 Å². The number of hydrogen-bond donors (Lipinski definition) is 1. The maximum Gasteiger partial charge on any atom is 0.523 e. The molecule has 43 heavy (non-hydrogen) atoms. The summed E-state index contributed by atoms with van der Waals surface area (Å²) in [5, 5.41) is 11.7. The maximum atomic E-state index is 13.5. The summed E-state index contributed by atoms with van der Waals surface area (Å²) in [6.45, 7) is 15.4. The Kier molecular flexibility index (Phi) is 11.0. The molecular weight excluding hydrogens is 605 g/mol. The number of carbonyl (C=O) groups excluding carboxylic acids is 4. The van der Waals surface area contributed by atoms with Crippen molar-refractivity contribution in [2.24, 2.45) is 21.7 Å². The van der Waals surface area contributed by atoms with Crippen LogP contribution in [-0.4, -0.2) is 79.5 Å². The first-order valence-electron chi connectivity index (χ1n) is 13.3. The Bertz CT molecular complexity index is 1180. The third kappa shape index (κ3) is 9.35. The SMILES string of the molecule is CC(C)(C)C(=O)OC[C@@H](OS(=O)(=O)C(F)(F)F)[C@@H]1O[C@@](O)(C(=O)C(C)(C)C)[C@H](OC(=O)C(C)(C)C)[C@H]1OC(=O)C(C)(C)C. The standard InChI is InChI=1S/C27H43F3O12S/c1-22(2,3)18(31)26(35)17(40-21(34)25(10,11)12)16(39-20(33)24(7,8)9)15(41-26)14(13-38-19(32)23(4,5)6)42-43(36,37)27(28,29)30/h14-17,35H,13H2,1-12H3/t14-,15+,16+,17-,26-/m1/s1. The predicted octanol–water partition coefficient (Wildman–Crippen LogP) is 3.43. The average molecular weight is 649 g/mol. The Balaban J connectivity index is 3.98. The fourth-order valence-electron chi connectivity index (χ4n) is 3.38. The molecule has 0 aliphatic carbocycles. The first-order chi connectivity index (χ1) is 18.8. The molecule has 0 spiro atoms. The van der Waals surface area contributed by atoms with Gasteiger partial charge in [-0.15, -0.1) is 0 Å². The van der Waals surface area contributed by atoms with E-state index in [1.807, 2.05) is 0 Å². The molecule has 0 aromatic carbocycles. The quantitative estimate of drug-likeness (QED) is 0.176. The Morgan fingerprint density at radius 2 is 1.19 bits per heavy atom. The van der Waals surface area contributed by atoms with E-state index in [2.05, 4.69) is 4.18 Å². The van der Waals surface area contributed by atoms with E-state index in [0.717, 1.165) is 0 Å². The second-order valence-electron chi connectivity index (χ2n) is 14.4. The van der Waals surface area contributed by atoms with E-state index in [-0.39, 0.29) is 0 Å². The van der Waals surface area contributed by atoms with E-state index in [4.69, 9.17) is 18.9 Å². The Labute approximate surface area is 250 Å². The lowest BCUT2D eigenvalue weighted by Gasteiger charge is -2.34. The van der Waals surface area contributed by atoms with E-state index in [1.165, 1.54) is 83.1 Å². The fraction of sp³-hybridized carbons (Fsp3) is 0.852.